The second kappa shape index (κ2) is 6.22. The average Bonchev–Trinajstić information content (AvgIpc) is 2.65. The number of aliphatic hydroxyl groups is 1. The highest BCUT2D eigenvalue weighted by Gasteiger charge is 2.15. The molecule has 0 aliphatic carbocycles. The number of nitrogens with one attached hydrogen (secondary N) is 1. The summed E-state index contributed by atoms with van der Waals surface area (Å²) >= 11 is 10.7. The van der Waals surface area contributed by atoms with E-state index in [4.69, 9.17) is 11.6 Å². The summed E-state index contributed by atoms with van der Waals surface area (Å²) in [6.45, 7) is 1.72. The molecule has 2 N–H and O–H groups in total. The lowest BCUT2D eigenvalue weighted by molar-refractivity contribution is 0.277. The second-order valence-corrected chi connectivity index (χ2v) is 6.71. The van der Waals surface area contributed by atoms with E-state index in [1.165, 1.54) is 23.5 Å². The molecule has 19 heavy (non-hydrogen) atoms. The molecule has 1 atom stereocenters. The number of hydrogen-bond donors (Lipinski definition) is 2. The lowest BCUT2D eigenvalue weighted by atomic mass is 10.2. The van der Waals surface area contributed by atoms with Crippen LogP contribution in [0.25, 0.3) is 0 Å². The molecule has 0 spiro atoms. The minimum Gasteiger partial charge on any atom is -0.394 e. The van der Waals surface area contributed by atoms with E-state index in [1.54, 1.807) is 0 Å². The van der Waals surface area contributed by atoms with E-state index in [0.29, 0.717) is 10.0 Å². The van der Waals surface area contributed by atoms with Crippen LogP contribution in [0.4, 0.5) is 10.1 Å². The van der Waals surface area contributed by atoms with E-state index >= 15 is 0 Å². The molecular formula is C13H12BrClFNOS. The first-order valence-electron chi connectivity index (χ1n) is 5.59. The van der Waals surface area contributed by atoms with Gasteiger partial charge in [0.25, 0.3) is 0 Å². The molecule has 0 radical (unpaired) electrons. The highest BCUT2D eigenvalue weighted by Crippen LogP contribution is 2.36. The zero-order chi connectivity index (χ0) is 14.0. The minimum atomic E-state index is -0.310. The van der Waals surface area contributed by atoms with E-state index in [0.717, 1.165) is 14.9 Å². The summed E-state index contributed by atoms with van der Waals surface area (Å²) in [4.78, 5) is 0.890. The Morgan fingerprint density at radius 1 is 1.42 bits per heavy atom. The third-order valence-electron chi connectivity index (χ3n) is 2.57. The number of aryl methyl sites for hydroxylation is 1. The van der Waals surface area contributed by atoms with Gasteiger partial charge >= 0.3 is 0 Å². The van der Waals surface area contributed by atoms with Gasteiger partial charge in [-0.05, 0) is 52.7 Å². The van der Waals surface area contributed by atoms with Crippen molar-refractivity contribution in [2.75, 3.05) is 11.9 Å². The standard InChI is InChI=1S/C13H12BrClFNOS/c1-7-2-8(16)4-9(3-7)17-11(6-18)12-5-10(14)13(15)19-12/h2-5,11,17-18H,6H2,1H3. The molecule has 2 aromatic rings. The Kier molecular flexibility index (Phi) is 4.84. The summed E-state index contributed by atoms with van der Waals surface area (Å²) in [6.07, 6.45) is 0. The van der Waals surface area contributed by atoms with Gasteiger partial charge in [0.1, 0.15) is 10.2 Å². The molecule has 0 fully saturated rings. The van der Waals surface area contributed by atoms with Crippen molar-refractivity contribution in [2.45, 2.75) is 13.0 Å². The predicted octanol–water partition coefficient (Wildman–Crippen LogP) is 4.76. The molecule has 2 nitrogen and oxygen atoms in total. The maximum atomic E-state index is 13.3. The summed E-state index contributed by atoms with van der Waals surface area (Å²) in [7, 11) is 0. The van der Waals surface area contributed by atoms with Crippen LogP contribution in [0.1, 0.15) is 16.5 Å². The fourth-order valence-electron chi connectivity index (χ4n) is 1.76. The average molecular weight is 365 g/mol. The van der Waals surface area contributed by atoms with E-state index in [9.17, 15) is 9.50 Å². The zero-order valence-corrected chi connectivity index (χ0v) is 13.2. The fourth-order valence-corrected chi connectivity index (χ4v) is 3.54. The maximum Gasteiger partial charge on any atom is 0.125 e. The highest BCUT2D eigenvalue weighted by atomic mass is 79.9. The fraction of sp³-hybridized carbons (Fsp3) is 0.231. The molecule has 0 aliphatic heterocycles. The van der Waals surface area contributed by atoms with Crippen LogP contribution in [0.5, 0.6) is 0 Å². The van der Waals surface area contributed by atoms with Gasteiger partial charge in [0.15, 0.2) is 0 Å². The van der Waals surface area contributed by atoms with Crippen LogP contribution in [0.2, 0.25) is 4.34 Å². The Hall–Kier alpha value is -0.620. The van der Waals surface area contributed by atoms with Gasteiger partial charge in [-0.25, -0.2) is 4.39 Å². The molecular weight excluding hydrogens is 353 g/mol. The van der Waals surface area contributed by atoms with E-state index in [1.807, 2.05) is 19.1 Å². The van der Waals surface area contributed by atoms with Crippen LogP contribution in [0, 0.1) is 12.7 Å². The number of anilines is 1. The Morgan fingerprint density at radius 2 is 2.16 bits per heavy atom. The van der Waals surface area contributed by atoms with Gasteiger partial charge in [0, 0.05) is 15.0 Å². The molecule has 1 unspecified atom stereocenters. The first-order valence-corrected chi connectivity index (χ1v) is 7.57. The molecule has 102 valence electrons. The van der Waals surface area contributed by atoms with Crippen molar-refractivity contribution in [2.24, 2.45) is 0 Å². The molecule has 0 saturated carbocycles. The lowest BCUT2D eigenvalue weighted by Gasteiger charge is -2.16. The molecule has 6 heteroatoms. The summed E-state index contributed by atoms with van der Waals surface area (Å²) in [6, 6.07) is 6.23. The molecule has 1 aromatic carbocycles. The zero-order valence-electron chi connectivity index (χ0n) is 10.1. The van der Waals surface area contributed by atoms with Gasteiger partial charge in [0.2, 0.25) is 0 Å². The van der Waals surface area contributed by atoms with Crippen LogP contribution in [0.3, 0.4) is 0 Å². The number of hydrogen-bond acceptors (Lipinski definition) is 3. The van der Waals surface area contributed by atoms with Crippen molar-refractivity contribution in [3.8, 4) is 0 Å². The van der Waals surface area contributed by atoms with Crippen molar-refractivity contribution in [1.29, 1.82) is 0 Å². The molecule has 0 bridgehead atoms. The van der Waals surface area contributed by atoms with Crippen molar-refractivity contribution in [1.82, 2.24) is 0 Å². The van der Waals surface area contributed by atoms with E-state index in [-0.39, 0.29) is 18.5 Å². The van der Waals surface area contributed by atoms with Crippen LogP contribution < -0.4 is 5.32 Å². The third-order valence-corrected chi connectivity index (χ3v) is 5.16. The molecule has 1 aromatic heterocycles. The Bertz CT molecular complexity index is 550. The van der Waals surface area contributed by atoms with Gasteiger partial charge in [-0.15, -0.1) is 11.3 Å². The smallest absolute Gasteiger partial charge is 0.125 e. The van der Waals surface area contributed by atoms with Crippen molar-refractivity contribution >= 4 is 44.6 Å². The summed E-state index contributed by atoms with van der Waals surface area (Å²) in [5.74, 6) is -0.301. The maximum absolute atomic E-state index is 13.3. The summed E-state index contributed by atoms with van der Waals surface area (Å²) in [5, 5.41) is 12.6. The molecule has 0 aliphatic rings. The van der Waals surface area contributed by atoms with Gasteiger partial charge < -0.3 is 10.4 Å². The third kappa shape index (κ3) is 3.69. The SMILES string of the molecule is Cc1cc(F)cc(NC(CO)c2cc(Br)c(Cl)s2)c1. The summed E-state index contributed by atoms with van der Waals surface area (Å²) < 4.78 is 14.8. The first-order chi connectivity index (χ1) is 8.99. The minimum absolute atomic E-state index is 0.0984. The van der Waals surface area contributed by atoms with E-state index in [2.05, 4.69) is 21.2 Å². The highest BCUT2D eigenvalue weighted by molar-refractivity contribution is 9.10. The Morgan fingerprint density at radius 3 is 2.68 bits per heavy atom. The largest absolute Gasteiger partial charge is 0.394 e. The van der Waals surface area contributed by atoms with E-state index < -0.39 is 0 Å². The topological polar surface area (TPSA) is 32.3 Å². The number of aliphatic hydroxyl groups excluding tert-OH is 1. The van der Waals surface area contributed by atoms with Gasteiger partial charge in [-0.2, -0.15) is 0 Å². The quantitative estimate of drug-likeness (QED) is 0.820. The number of rotatable bonds is 4. The molecule has 0 amide bonds. The lowest BCUT2D eigenvalue weighted by Crippen LogP contribution is -2.13. The first kappa shape index (κ1) is 14.8. The molecule has 2 rings (SSSR count). The van der Waals surface area contributed by atoms with Gasteiger partial charge in [-0.3, -0.25) is 0 Å². The van der Waals surface area contributed by atoms with Crippen LogP contribution in [0.15, 0.2) is 28.7 Å². The monoisotopic (exact) mass is 363 g/mol. The number of thiophene rings is 1. The second-order valence-electron chi connectivity index (χ2n) is 4.17. The van der Waals surface area contributed by atoms with Crippen molar-refractivity contribution in [3.63, 3.8) is 0 Å². The van der Waals surface area contributed by atoms with Crippen LogP contribution >= 0.6 is 38.9 Å². The van der Waals surface area contributed by atoms with Crippen molar-refractivity contribution in [3.05, 3.63) is 49.3 Å². The van der Waals surface area contributed by atoms with Gasteiger partial charge in [0.05, 0.1) is 12.6 Å². The van der Waals surface area contributed by atoms with Gasteiger partial charge in [-0.1, -0.05) is 11.6 Å². The Balaban J connectivity index is 2.23. The normalized spacial score (nSPS) is 12.5. The number of halogens is 3. The Labute approximate surface area is 128 Å². The van der Waals surface area contributed by atoms with Crippen LogP contribution in [-0.4, -0.2) is 11.7 Å². The predicted molar refractivity (Wildman–Crippen MR) is 81.6 cm³/mol. The number of benzene rings is 1. The summed E-state index contributed by atoms with van der Waals surface area (Å²) in [5.41, 5.74) is 1.46. The van der Waals surface area contributed by atoms with Crippen molar-refractivity contribution < 1.29 is 9.50 Å². The molecule has 0 saturated heterocycles. The molecule has 1 heterocycles. The van der Waals surface area contributed by atoms with Crippen LogP contribution in [-0.2, 0) is 0 Å².